The molecule has 1 saturated heterocycles. The van der Waals surface area contributed by atoms with Gasteiger partial charge >= 0.3 is 0 Å². The maximum absolute atomic E-state index is 12.6. The second kappa shape index (κ2) is 7.31. The fourth-order valence-corrected chi connectivity index (χ4v) is 4.37. The van der Waals surface area contributed by atoms with E-state index in [-0.39, 0.29) is 45.5 Å². The number of nitrogens with zero attached hydrogens (tertiary/aromatic N) is 2. The second-order valence-corrected chi connectivity index (χ2v) is 7.92. The second-order valence-electron chi connectivity index (χ2n) is 5.58. The molecular formula is C13H19Cl2N3O4S. The smallest absolute Gasteiger partial charge is 0.275 e. The summed E-state index contributed by atoms with van der Waals surface area (Å²) in [6.45, 7) is 4.00. The monoisotopic (exact) mass is 383 g/mol. The Kier molecular flexibility index (Phi) is 6.39. The molecule has 0 aliphatic carbocycles. The third-order valence-corrected chi connectivity index (χ3v) is 6.29. The fraction of sp³-hybridized carbons (Fsp3) is 0.538. The predicted molar refractivity (Wildman–Crippen MR) is 90.6 cm³/mol. The van der Waals surface area contributed by atoms with Crippen molar-refractivity contribution < 1.29 is 13.3 Å². The minimum absolute atomic E-state index is 0. The minimum Gasteiger partial charge on any atom is -0.328 e. The summed E-state index contributed by atoms with van der Waals surface area (Å²) in [5, 5.41) is 11.1. The summed E-state index contributed by atoms with van der Waals surface area (Å²) in [7, 11) is -3.81. The highest BCUT2D eigenvalue weighted by molar-refractivity contribution is 7.89. The van der Waals surface area contributed by atoms with Crippen LogP contribution in [-0.4, -0.2) is 36.8 Å². The van der Waals surface area contributed by atoms with E-state index in [0.29, 0.717) is 19.5 Å². The lowest BCUT2D eigenvalue weighted by molar-refractivity contribution is -0.385. The van der Waals surface area contributed by atoms with Crippen molar-refractivity contribution in [3.63, 3.8) is 0 Å². The molecule has 2 unspecified atom stereocenters. The van der Waals surface area contributed by atoms with E-state index in [9.17, 15) is 18.5 Å². The first-order valence-corrected chi connectivity index (χ1v) is 8.66. The highest BCUT2D eigenvalue weighted by Crippen LogP contribution is 2.32. The average molecular weight is 384 g/mol. The molecule has 2 N–H and O–H groups in total. The number of hydrogen-bond acceptors (Lipinski definition) is 5. The van der Waals surface area contributed by atoms with E-state index in [2.05, 4.69) is 0 Å². The van der Waals surface area contributed by atoms with Crippen molar-refractivity contribution in [1.82, 2.24) is 4.31 Å². The van der Waals surface area contributed by atoms with Crippen LogP contribution >= 0.6 is 24.0 Å². The van der Waals surface area contributed by atoms with Gasteiger partial charge in [0.1, 0.15) is 0 Å². The standard InChI is InChI=1S/C13H18ClN3O4S.ClH/c1-8-12(14)5-11(6-13(8)17(18)19)22(20,21)16-4-3-10(7-16)9(2)15;/h5-6,9-10H,3-4,7,15H2,1-2H3;1H. The molecule has 0 saturated carbocycles. The number of sulfonamides is 1. The minimum atomic E-state index is -3.81. The van der Waals surface area contributed by atoms with Crippen molar-refractivity contribution in [3.8, 4) is 0 Å². The van der Waals surface area contributed by atoms with Gasteiger partial charge in [-0.1, -0.05) is 11.6 Å². The van der Waals surface area contributed by atoms with Crippen molar-refractivity contribution in [2.45, 2.75) is 31.2 Å². The lowest BCUT2D eigenvalue weighted by Gasteiger charge is -2.18. The SMILES string of the molecule is Cc1c(Cl)cc(S(=O)(=O)N2CCC(C(C)N)C2)cc1[N+](=O)[O-].Cl. The molecule has 1 heterocycles. The van der Waals surface area contributed by atoms with Crippen molar-refractivity contribution in [1.29, 1.82) is 0 Å². The summed E-state index contributed by atoms with van der Waals surface area (Å²) in [5.41, 5.74) is 5.77. The van der Waals surface area contributed by atoms with Crippen LogP contribution in [0.25, 0.3) is 0 Å². The number of nitro benzene ring substituents is 1. The summed E-state index contributed by atoms with van der Waals surface area (Å²) in [4.78, 5) is 10.3. The Morgan fingerprint density at radius 3 is 2.57 bits per heavy atom. The zero-order valence-electron chi connectivity index (χ0n) is 12.7. The van der Waals surface area contributed by atoms with Gasteiger partial charge in [-0.05, 0) is 32.3 Å². The summed E-state index contributed by atoms with van der Waals surface area (Å²) in [5.74, 6) is 0.0886. The topological polar surface area (TPSA) is 107 Å². The quantitative estimate of drug-likeness (QED) is 0.633. The van der Waals surface area contributed by atoms with E-state index in [1.807, 2.05) is 6.92 Å². The Bertz CT molecular complexity index is 709. The number of rotatable bonds is 4. The van der Waals surface area contributed by atoms with Crippen molar-refractivity contribution in [3.05, 3.63) is 32.8 Å². The Morgan fingerprint density at radius 1 is 1.48 bits per heavy atom. The Hall–Kier alpha value is -0.930. The molecule has 7 nitrogen and oxygen atoms in total. The van der Waals surface area contributed by atoms with Crippen molar-refractivity contribution in [2.75, 3.05) is 13.1 Å². The zero-order chi connectivity index (χ0) is 16.7. The molecule has 2 atom stereocenters. The van der Waals surface area contributed by atoms with Crippen LogP contribution in [0.5, 0.6) is 0 Å². The maximum Gasteiger partial charge on any atom is 0.275 e. The summed E-state index contributed by atoms with van der Waals surface area (Å²) >= 11 is 5.95. The van der Waals surface area contributed by atoms with Crippen LogP contribution in [0.1, 0.15) is 18.9 Å². The van der Waals surface area contributed by atoms with Crippen molar-refractivity contribution in [2.24, 2.45) is 11.7 Å². The summed E-state index contributed by atoms with van der Waals surface area (Å²) in [6.07, 6.45) is 0.679. The zero-order valence-corrected chi connectivity index (χ0v) is 15.1. The predicted octanol–water partition coefficient (Wildman–Crippen LogP) is 2.34. The number of hydrogen-bond donors (Lipinski definition) is 1. The summed E-state index contributed by atoms with van der Waals surface area (Å²) < 4.78 is 26.6. The molecule has 0 aromatic heterocycles. The first-order chi connectivity index (χ1) is 10.1. The van der Waals surface area contributed by atoms with E-state index < -0.39 is 14.9 Å². The Labute approximate surface area is 146 Å². The summed E-state index contributed by atoms with van der Waals surface area (Å²) in [6, 6.07) is 2.23. The molecule has 1 aromatic carbocycles. The van der Waals surface area contributed by atoms with Gasteiger partial charge in [0.05, 0.1) is 14.8 Å². The highest BCUT2D eigenvalue weighted by atomic mass is 35.5. The lowest BCUT2D eigenvalue weighted by Crippen LogP contribution is -2.33. The van der Waals surface area contributed by atoms with Gasteiger partial charge in [0, 0.05) is 30.8 Å². The lowest BCUT2D eigenvalue weighted by atomic mass is 10.0. The highest BCUT2D eigenvalue weighted by Gasteiger charge is 2.35. The molecule has 1 fully saturated rings. The molecule has 0 radical (unpaired) electrons. The van der Waals surface area contributed by atoms with E-state index in [0.717, 1.165) is 6.07 Å². The first kappa shape index (κ1) is 20.1. The van der Waals surface area contributed by atoms with Crippen molar-refractivity contribution >= 4 is 39.7 Å². The third-order valence-electron chi connectivity index (χ3n) is 4.06. The normalized spacial score (nSPS) is 20.1. The molecule has 1 aliphatic rings. The van der Waals surface area contributed by atoms with Gasteiger partial charge in [0.2, 0.25) is 10.0 Å². The van der Waals surface area contributed by atoms with E-state index >= 15 is 0 Å². The molecule has 10 heteroatoms. The van der Waals surface area contributed by atoms with Crippen LogP contribution < -0.4 is 5.73 Å². The number of nitrogens with two attached hydrogens (primary N) is 1. The average Bonchev–Trinajstić information content (AvgIpc) is 2.91. The molecular weight excluding hydrogens is 365 g/mol. The van der Waals surface area contributed by atoms with E-state index in [1.54, 1.807) is 0 Å². The van der Waals surface area contributed by atoms with E-state index in [1.165, 1.54) is 17.3 Å². The fourth-order valence-electron chi connectivity index (χ4n) is 2.53. The van der Waals surface area contributed by atoms with Crippen LogP contribution in [-0.2, 0) is 10.0 Å². The Balaban J connectivity index is 0.00000264. The first-order valence-electron chi connectivity index (χ1n) is 6.85. The number of benzene rings is 1. The van der Waals surface area contributed by atoms with E-state index in [4.69, 9.17) is 17.3 Å². The molecule has 23 heavy (non-hydrogen) atoms. The molecule has 0 bridgehead atoms. The van der Waals surface area contributed by atoms with Gasteiger partial charge < -0.3 is 5.73 Å². The van der Waals surface area contributed by atoms with Gasteiger partial charge in [0.15, 0.2) is 0 Å². The number of halogens is 2. The van der Waals surface area contributed by atoms with Gasteiger partial charge in [-0.2, -0.15) is 4.31 Å². The molecule has 1 aliphatic heterocycles. The maximum atomic E-state index is 12.6. The molecule has 0 spiro atoms. The number of nitro groups is 1. The molecule has 0 amide bonds. The molecule has 2 rings (SSSR count). The molecule has 1 aromatic rings. The van der Waals surface area contributed by atoms with Crippen LogP contribution in [0.4, 0.5) is 5.69 Å². The van der Waals surface area contributed by atoms with Crippen LogP contribution in [0.15, 0.2) is 17.0 Å². The van der Waals surface area contributed by atoms with Crippen LogP contribution in [0.3, 0.4) is 0 Å². The third kappa shape index (κ3) is 3.95. The van der Waals surface area contributed by atoms with Crippen LogP contribution in [0, 0.1) is 23.0 Å². The van der Waals surface area contributed by atoms with Crippen LogP contribution in [0.2, 0.25) is 5.02 Å². The Morgan fingerprint density at radius 2 is 2.09 bits per heavy atom. The molecule has 130 valence electrons. The van der Waals surface area contributed by atoms with Gasteiger partial charge in [-0.15, -0.1) is 12.4 Å². The van der Waals surface area contributed by atoms with Gasteiger partial charge in [-0.25, -0.2) is 8.42 Å². The largest absolute Gasteiger partial charge is 0.328 e. The van der Waals surface area contributed by atoms with Gasteiger partial charge in [0.25, 0.3) is 5.69 Å². The van der Waals surface area contributed by atoms with Gasteiger partial charge in [-0.3, -0.25) is 10.1 Å².